The van der Waals surface area contributed by atoms with Crippen molar-refractivity contribution in [1.29, 1.82) is 0 Å². The summed E-state index contributed by atoms with van der Waals surface area (Å²) < 4.78 is 6.15. The van der Waals surface area contributed by atoms with Gasteiger partial charge < -0.3 is 25.4 Å². The van der Waals surface area contributed by atoms with E-state index in [1.165, 1.54) is 25.3 Å². The minimum absolute atomic E-state index is 0.176. The minimum atomic E-state index is -0.841. The summed E-state index contributed by atoms with van der Waals surface area (Å²) in [7, 11) is 0. The SMILES string of the molecule is CCC/C=C(/C=C\NCC(C)(C)O)NC(=O)C(CC1CCCCC1)N1CC(Oc2cccc(C)c2C)=CC1=O. The Morgan fingerprint density at radius 1 is 1.23 bits per heavy atom. The van der Waals surface area contributed by atoms with Gasteiger partial charge in [0.05, 0.1) is 12.1 Å². The molecule has 39 heavy (non-hydrogen) atoms. The van der Waals surface area contributed by atoms with Crippen LogP contribution in [0.2, 0.25) is 0 Å². The van der Waals surface area contributed by atoms with Crippen LogP contribution >= 0.6 is 0 Å². The summed E-state index contributed by atoms with van der Waals surface area (Å²) in [4.78, 5) is 28.6. The number of hydrogen-bond acceptors (Lipinski definition) is 5. The Hall–Kier alpha value is -3.06. The summed E-state index contributed by atoms with van der Waals surface area (Å²) in [5.74, 6) is 1.35. The first-order valence-electron chi connectivity index (χ1n) is 14.5. The predicted octanol–water partition coefficient (Wildman–Crippen LogP) is 5.42. The topological polar surface area (TPSA) is 90.9 Å². The summed E-state index contributed by atoms with van der Waals surface area (Å²) in [6.45, 7) is 10.3. The zero-order valence-corrected chi connectivity index (χ0v) is 24.4. The number of ether oxygens (including phenoxy) is 1. The van der Waals surface area contributed by atoms with E-state index in [2.05, 4.69) is 17.6 Å². The first-order chi connectivity index (χ1) is 18.6. The third-order valence-electron chi connectivity index (χ3n) is 7.49. The first kappa shape index (κ1) is 30.5. The van der Waals surface area contributed by atoms with Crippen molar-refractivity contribution in [2.75, 3.05) is 13.1 Å². The number of carbonyl (C=O) groups excluding carboxylic acids is 2. The zero-order chi connectivity index (χ0) is 28.4. The van der Waals surface area contributed by atoms with Crippen LogP contribution in [0.1, 0.15) is 83.3 Å². The lowest BCUT2D eigenvalue weighted by molar-refractivity contribution is -0.136. The fraction of sp³-hybridized carbons (Fsp3) is 0.562. The van der Waals surface area contributed by atoms with Gasteiger partial charge >= 0.3 is 0 Å². The molecule has 1 aromatic carbocycles. The van der Waals surface area contributed by atoms with Crippen molar-refractivity contribution in [2.45, 2.75) is 97.6 Å². The summed E-state index contributed by atoms with van der Waals surface area (Å²) in [6, 6.07) is 5.30. The maximum absolute atomic E-state index is 13.8. The number of unbranched alkanes of at least 4 members (excludes halogenated alkanes) is 1. The normalized spacial score (nSPS) is 17.9. The number of nitrogens with zero attached hydrogens (tertiary/aromatic N) is 1. The molecule has 3 rings (SSSR count). The van der Waals surface area contributed by atoms with Crippen LogP contribution in [0.4, 0.5) is 0 Å². The molecule has 0 spiro atoms. The van der Waals surface area contributed by atoms with Crippen molar-refractivity contribution in [3.8, 4) is 5.75 Å². The summed E-state index contributed by atoms with van der Waals surface area (Å²) in [5.41, 5.74) is 2.01. The molecule has 1 atom stereocenters. The second kappa shape index (κ2) is 14.4. The van der Waals surface area contributed by atoms with E-state index in [0.29, 0.717) is 30.3 Å². The van der Waals surface area contributed by atoms with Gasteiger partial charge in [0.25, 0.3) is 5.91 Å². The molecule has 1 aromatic rings. The van der Waals surface area contributed by atoms with E-state index in [1.807, 2.05) is 44.2 Å². The standard InChI is InChI=1S/C32H47N3O4/c1-6-7-15-26(17-18-33-22-32(4,5)38)34-31(37)28(19-25-13-9-8-10-14-25)35-21-27(20-30(35)36)39-29-16-11-12-23(2)24(29)3/h11-12,15-18,20,25,28,33,38H,6-10,13-14,19,21-22H2,1-5H3,(H,34,37)/b18-17-,26-15-. The molecule has 1 aliphatic heterocycles. The highest BCUT2D eigenvalue weighted by atomic mass is 16.5. The lowest BCUT2D eigenvalue weighted by atomic mass is 9.84. The number of aliphatic hydroxyl groups is 1. The number of nitrogens with one attached hydrogen (secondary N) is 2. The summed E-state index contributed by atoms with van der Waals surface area (Å²) in [6.07, 6.45) is 15.2. The molecule has 0 saturated heterocycles. The lowest BCUT2D eigenvalue weighted by Gasteiger charge is -2.32. The molecule has 214 valence electrons. The van der Waals surface area contributed by atoms with Crippen molar-refractivity contribution >= 4 is 11.8 Å². The molecule has 3 N–H and O–H groups in total. The van der Waals surface area contributed by atoms with Crippen LogP contribution in [0.3, 0.4) is 0 Å². The molecule has 1 heterocycles. The minimum Gasteiger partial charge on any atom is -0.459 e. The monoisotopic (exact) mass is 537 g/mol. The van der Waals surface area contributed by atoms with Gasteiger partial charge in [-0.2, -0.15) is 0 Å². The second-order valence-electron chi connectivity index (χ2n) is 11.6. The molecular weight excluding hydrogens is 490 g/mol. The van der Waals surface area contributed by atoms with Crippen molar-refractivity contribution in [2.24, 2.45) is 5.92 Å². The Bertz CT molecular complexity index is 1080. The predicted molar refractivity (Wildman–Crippen MR) is 156 cm³/mol. The van der Waals surface area contributed by atoms with Gasteiger partial charge in [0, 0.05) is 18.3 Å². The van der Waals surface area contributed by atoms with Crippen LogP contribution in [0.15, 0.2) is 54.1 Å². The average Bonchev–Trinajstić information content (AvgIpc) is 3.25. The van der Waals surface area contributed by atoms with Crippen molar-refractivity contribution < 1.29 is 19.4 Å². The Balaban J connectivity index is 1.76. The molecule has 0 radical (unpaired) electrons. The van der Waals surface area contributed by atoms with Crippen LogP contribution in [-0.2, 0) is 9.59 Å². The first-order valence-corrected chi connectivity index (χ1v) is 14.5. The van der Waals surface area contributed by atoms with E-state index in [1.54, 1.807) is 24.9 Å². The Morgan fingerprint density at radius 2 is 1.97 bits per heavy atom. The number of benzene rings is 1. The maximum atomic E-state index is 13.8. The van der Waals surface area contributed by atoms with Gasteiger partial charge in [0.15, 0.2) is 0 Å². The molecule has 7 heteroatoms. The zero-order valence-electron chi connectivity index (χ0n) is 24.4. The molecule has 0 bridgehead atoms. The Labute approximate surface area is 234 Å². The van der Waals surface area contributed by atoms with E-state index in [9.17, 15) is 14.7 Å². The van der Waals surface area contributed by atoms with Crippen LogP contribution < -0.4 is 15.4 Å². The van der Waals surface area contributed by atoms with Crippen molar-refractivity contribution in [1.82, 2.24) is 15.5 Å². The second-order valence-corrected chi connectivity index (χ2v) is 11.6. The van der Waals surface area contributed by atoms with Crippen LogP contribution in [0.5, 0.6) is 5.75 Å². The highest BCUT2D eigenvalue weighted by Gasteiger charge is 2.36. The Kier molecular flexibility index (Phi) is 11.2. The molecule has 0 aromatic heterocycles. The molecule has 1 unspecified atom stereocenters. The fourth-order valence-electron chi connectivity index (χ4n) is 5.07. The quantitative estimate of drug-likeness (QED) is 0.292. The maximum Gasteiger partial charge on any atom is 0.251 e. The highest BCUT2D eigenvalue weighted by Crippen LogP contribution is 2.31. The van der Waals surface area contributed by atoms with Gasteiger partial charge in [0.2, 0.25) is 5.91 Å². The van der Waals surface area contributed by atoms with E-state index in [0.717, 1.165) is 42.6 Å². The summed E-state index contributed by atoms with van der Waals surface area (Å²) >= 11 is 0. The number of rotatable bonds is 13. The third kappa shape index (κ3) is 9.57. The molecule has 1 aliphatic carbocycles. The van der Waals surface area contributed by atoms with E-state index >= 15 is 0 Å². The lowest BCUT2D eigenvalue weighted by Crippen LogP contribution is -2.48. The van der Waals surface area contributed by atoms with Crippen LogP contribution in [0.25, 0.3) is 0 Å². The van der Waals surface area contributed by atoms with Gasteiger partial charge in [-0.3, -0.25) is 9.59 Å². The fourth-order valence-corrected chi connectivity index (χ4v) is 5.07. The van der Waals surface area contributed by atoms with E-state index in [4.69, 9.17) is 4.74 Å². The number of carbonyl (C=O) groups is 2. The average molecular weight is 538 g/mol. The third-order valence-corrected chi connectivity index (χ3v) is 7.49. The number of amides is 2. The van der Waals surface area contributed by atoms with Crippen molar-refractivity contribution in [3.63, 3.8) is 0 Å². The van der Waals surface area contributed by atoms with E-state index < -0.39 is 11.6 Å². The summed E-state index contributed by atoms with van der Waals surface area (Å²) in [5, 5.41) is 16.1. The number of aryl methyl sites for hydroxylation is 1. The Morgan fingerprint density at radius 3 is 2.67 bits per heavy atom. The largest absolute Gasteiger partial charge is 0.459 e. The van der Waals surface area contributed by atoms with Crippen LogP contribution in [0, 0.1) is 19.8 Å². The van der Waals surface area contributed by atoms with Gasteiger partial charge in [-0.05, 0) is 75.9 Å². The number of allylic oxidation sites excluding steroid dienone is 2. The molecule has 2 amide bonds. The van der Waals surface area contributed by atoms with Gasteiger partial charge in [0.1, 0.15) is 17.6 Å². The molecule has 1 fully saturated rings. The smallest absolute Gasteiger partial charge is 0.251 e. The van der Waals surface area contributed by atoms with E-state index in [-0.39, 0.29) is 18.4 Å². The van der Waals surface area contributed by atoms with Gasteiger partial charge in [-0.1, -0.05) is 63.7 Å². The molecule has 7 nitrogen and oxygen atoms in total. The highest BCUT2D eigenvalue weighted by molar-refractivity contribution is 5.96. The molecule has 1 saturated carbocycles. The molecular formula is C32H47N3O4. The van der Waals surface area contributed by atoms with Crippen molar-refractivity contribution in [3.05, 3.63) is 65.2 Å². The van der Waals surface area contributed by atoms with Gasteiger partial charge in [-0.25, -0.2) is 0 Å². The van der Waals surface area contributed by atoms with Crippen LogP contribution in [-0.4, -0.2) is 46.6 Å². The van der Waals surface area contributed by atoms with Gasteiger partial charge in [-0.15, -0.1) is 0 Å². The molecule has 2 aliphatic rings. The number of hydrogen-bond donors (Lipinski definition) is 3.